The molecule has 5 heteroatoms. The number of nitrogens with two attached hydrogens (primary N) is 1. The third-order valence-corrected chi connectivity index (χ3v) is 3.67. The molecule has 0 radical (unpaired) electrons. The standard InChI is InChI=1S/C18H22F2N2O/c19-15-8-14(9-16(20)11-15)10-17(21)18(23)12-22-7-6-13-4-2-1-3-5-13/h1-5,8-9,11,17-18,22-23H,6-7,10,12,21H2/t17-,18+/m0/s1. The van der Waals surface area contributed by atoms with Gasteiger partial charge in [-0.05, 0) is 42.6 Å². The van der Waals surface area contributed by atoms with Crippen molar-refractivity contribution in [2.75, 3.05) is 13.1 Å². The quantitative estimate of drug-likeness (QED) is 0.652. The lowest BCUT2D eigenvalue weighted by Gasteiger charge is -2.19. The molecule has 2 aromatic carbocycles. The van der Waals surface area contributed by atoms with Gasteiger partial charge in [-0.2, -0.15) is 0 Å². The second-order valence-corrected chi connectivity index (χ2v) is 5.65. The van der Waals surface area contributed by atoms with Crippen LogP contribution in [-0.4, -0.2) is 30.3 Å². The zero-order valence-electron chi connectivity index (χ0n) is 12.9. The number of hydrogen-bond acceptors (Lipinski definition) is 3. The van der Waals surface area contributed by atoms with E-state index in [-0.39, 0.29) is 6.42 Å². The van der Waals surface area contributed by atoms with Crippen LogP contribution in [0.3, 0.4) is 0 Å². The number of nitrogens with one attached hydrogen (secondary N) is 1. The van der Waals surface area contributed by atoms with Crippen LogP contribution >= 0.6 is 0 Å². The van der Waals surface area contributed by atoms with Crippen LogP contribution in [0, 0.1) is 11.6 Å². The fourth-order valence-electron chi connectivity index (χ4n) is 2.42. The Kier molecular flexibility index (Phi) is 6.65. The third kappa shape index (κ3) is 6.06. The molecule has 0 aliphatic rings. The molecule has 0 amide bonds. The van der Waals surface area contributed by atoms with Crippen molar-refractivity contribution in [3.05, 3.63) is 71.3 Å². The van der Waals surface area contributed by atoms with Crippen molar-refractivity contribution < 1.29 is 13.9 Å². The second kappa shape index (κ2) is 8.72. The Morgan fingerprint density at radius 3 is 2.30 bits per heavy atom. The molecule has 0 fully saturated rings. The zero-order valence-corrected chi connectivity index (χ0v) is 12.9. The summed E-state index contributed by atoms with van der Waals surface area (Å²) in [7, 11) is 0. The van der Waals surface area contributed by atoms with Gasteiger partial charge in [0.25, 0.3) is 0 Å². The minimum absolute atomic E-state index is 0.218. The van der Waals surface area contributed by atoms with Crippen LogP contribution in [0.1, 0.15) is 11.1 Å². The highest BCUT2D eigenvalue weighted by Crippen LogP contribution is 2.10. The number of aliphatic hydroxyl groups is 1. The minimum atomic E-state index is -0.780. The van der Waals surface area contributed by atoms with Gasteiger partial charge in [-0.1, -0.05) is 30.3 Å². The molecule has 2 rings (SSSR count). The first-order valence-corrected chi connectivity index (χ1v) is 7.68. The van der Waals surface area contributed by atoms with Crippen molar-refractivity contribution in [3.8, 4) is 0 Å². The Balaban J connectivity index is 1.73. The summed E-state index contributed by atoms with van der Waals surface area (Å²) >= 11 is 0. The first-order valence-electron chi connectivity index (χ1n) is 7.68. The van der Waals surface area contributed by atoms with E-state index in [0.717, 1.165) is 19.0 Å². The number of halogens is 2. The number of aliphatic hydroxyl groups excluding tert-OH is 1. The molecule has 2 aromatic rings. The maximum absolute atomic E-state index is 13.1. The summed E-state index contributed by atoms with van der Waals surface area (Å²) in [5.41, 5.74) is 7.57. The van der Waals surface area contributed by atoms with Gasteiger partial charge in [0.1, 0.15) is 11.6 Å². The molecule has 124 valence electrons. The summed E-state index contributed by atoms with van der Waals surface area (Å²) in [5, 5.41) is 13.2. The van der Waals surface area contributed by atoms with Crippen molar-refractivity contribution >= 4 is 0 Å². The third-order valence-electron chi connectivity index (χ3n) is 3.67. The topological polar surface area (TPSA) is 58.3 Å². The van der Waals surface area contributed by atoms with E-state index in [9.17, 15) is 13.9 Å². The molecule has 0 unspecified atom stereocenters. The minimum Gasteiger partial charge on any atom is -0.390 e. The Morgan fingerprint density at radius 1 is 1.00 bits per heavy atom. The van der Waals surface area contributed by atoms with Crippen LogP contribution in [0.5, 0.6) is 0 Å². The molecule has 0 saturated heterocycles. The first-order chi connectivity index (χ1) is 11.0. The molecule has 0 spiro atoms. The smallest absolute Gasteiger partial charge is 0.126 e. The van der Waals surface area contributed by atoms with E-state index in [4.69, 9.17) is 5.73 Å². The van der Waals surface area contributed by atoms with Crippen LogP contribution in [0.15, 0.2) is 48.5 Å². The average Bonchev–Trinajstić information content (AvgIpc) is 2.51. The Labute approximate surface area is 135 Å². The van der Waals surface area contributed by atoms with E-state index >= 15 is 0 Å². The summed E-state index contributed by atoms with van der Waals surface area (Å²) in [5.74, 6) is -1.27. The first kappa shape index (κ1) is 17.5. The highest BCUT2D eigenvalue weighted by Gasteiger charge is 2.15. The molecule has 2 atom stereocenters. The lowest BCUT2D eigenvalue weighted by atomic mass is 10.0. The van der Waals surface area contributed by atoms with Crippen molar-refractivity contribution in [3.63, 3.8) is 0 Å². The van der Waals surface area contributed by atoms with Gasteiger partial charge in [-0.25, -0.2) is 8.78 Å². The summed E-state index contributed by atoms with van der Waals surface area (Å²) in [6.45, 7) is 1.06. The van der Waals surface area contributed by atoms with E-state index < -0.39 is 23.8 Å². The van der Waals surface area contributed by atoms with Gasteiger partial charge in [0, 0.05) is 18.7 Å². The number of hydrogen-bond donors (Lipinski definition) is 3. The normalized spacial score (nSPS) is 13.7. The van der Waals surface area contributed by atoms with Crippen LogP contribution in [-0.2, 0) is 12.8 Å². The van der Waals surface area contributed by atoms with Crippen molar-refractivity contribution in [2.24, 2.45) is 5.73 Å². The van der Waals surface area contributed by atoms with Crippen LogP contribution < -0.4 is 11.1 Å². The predicted molar refractivity (Wildman–Crippen MR) is 87.1 cm³/mol. The molecule has 0 saturated carbocycles. The molecule has 0 aromatic heterocycles. The van der Waals surface area contributed by atoms with Gasteiger partial charge in [-0.15, -0.1) is 0 Å². The monoisotopic (exact) mass is 320 g/mol. The predicted octanol–water partition coefficient (Wildman–Crippen LogP) is 2.03. The van der Waals surface area contributed by atoms with Crippen molar-refractivity contribution in [2.45, 2.75) is 25.0 Å². The second-order valence-electron chi connectivity index (χ2n) is 5.65. The largest absolute Gasteiger partial charge is 0.390 e. The van der Waals surface area contributed by atoms with Gasteiger partial charge in [0.2, 0.25) is 0 Å². The van der Waals surface area contributed by atoms with E-state index in [1.807, 2.05) is 30.3 Å². The highest BCUT2D eigenvalue weighted by atomic mass is 19.1. The number of benzene rings is 2. The fourth-order valence-corrected chi connectivity index (χ4v) is 2.42. The van der Waals surface area contributed by atoms with Gasteiger partial charge in [0.15, 0.2) is 0 Å². The summed E-state index contributed by atoms with van der Waals surface area (Å²) in [6.07, 6.45) is 0.297. The Bertz CT molecular complexity index is 587. The maximum Gasteiger partial charge on any atom is 0.126 e. The van der Waals surface area contributed by atoms with Gasteiger partial charge >= 0.3 is 0 Å². The van der Waals surface area contributed by atoms with Crippen molar-refractivity contribution in [1.29, 1.82) is 0 Å². The molecule has 0 aliphatic heterocycles. The van der Waals surface area contributed by atoms with Crippen LogP contribution in [0.4, 0.5) is 8.78 Å². The molecule has 23 heavy (non-hydrogen) atoms. The summed E-state index contributed by atoms with van der Waals surface area (Å²) < 4.78 is 26.3. The van der Waals surface area contributed by atoms with E-state index in [0.29, 0.717) is 12.1 Å². The van der Waals surface area contributed by atoms with E-state index in [1.165, 1.54) is 17.7 Å². The molecule has 0 heterocycles. The number of rotatable bonds is 8. The zero-order chi connectivity index (χ0) is 16.7. The molecule has 3 nitrogen and oxygen atoms in total. The molecule has 4 N–H and O–H groups in total. The lowest BCUT2D eigenvalue weighted by molar-refractivity contribution is 0.142. The van der Waals surface area contributed by atoms with Crippen molar-refractivity contribution in [1.82, 2.24) is 5.32 Å². The summed E-state index contributed by atoms with van der Waals surface area (Å²) in [4.78, 5) is 0. The molecule has 0 aliphatic carbocycles. The highest BCUT2D eigenvalue weighted by molar-refractivity contribution is 5.19. The van der Waals surface area contributed by atoms with Gasteiger partial charge in [-0.3, -0.25) is 0 Å². The lowest BCUT2D eigenvalue weighted by Crippen LogP contribution is -2.43. The van der Waals surface area contributed by atoms with Crippen LogP contribution in [0.25, 0.3) is 0 Å². The Morgan fingerprint density at radius 2 is 1.65 bits per heavy atom. The molecular weight excluding hydrogens is 298 g/mol. The SMILES string of the molecule is N[C@@H](Cc1cc(F)cc(F)c1)[C@H](O)CNCCc1ccccc1. The van der Waals surface area contributed by atoms with E-state index in [1.54, 1.807) is 0 Å². The molecule has 0 bridgehead atoms. The maximum atomic E-state index is 13.1. The summed E-state index contributed by atoms with van der Waals surface area (Å²) in [6, 6.07) is 12.7. The molecular formula is C18H22F2N2O. The average molecular weight is 320 g/mol. The van der Waals surface area contributed by atoms with Crippen LogP contribution in [0.2, 0.25) is 0 Å². The van der Waals surface area contributed by atoms with Gasteiger partial charge in [0.05, 0.1) is 6.10 Å². The Hall–Kier alpha value is -1.82. The van der Waals surface area contributed by atoms with Gasteiger partial charge < -0.3 is 16.2 Å². The fraction of sp³-hybridized carbons (Fsp3) is 0.333. The van der Waals surface area contributed by atoms with E-state index in [2.05, 4.69) is 5.32 Å².